The Morgan fingerprint density at radius 3 is 2.79 bits per heavy atom. The first-order valence-corrected chi connectivity index (χ1v) is 8.38. The molecule has 0 spiro atoms. The Balaban J connectivity index is 2.23. The van der Waals surface area contributed by atoms with E-state index in [9.17, 15) is 14.9 Å². The van der Waals surface area contributed by atoms with E-state index in [-0.39, 0.29) is 28.1 Å². The molecule has 1 atom stereocenters. The molecule has 1 aliphatic heterocycles. The second kappa shape index (κ2) is 7.81. The molecule has 1 fully saturated rings. The molecule has 24 heavy (non-hydrogen) atoms. The van der Waals surface area contributed by atoms with Gasteiger partial charge in [0.15, 0.2) is 0 Å². The van der Waals surface area contributed by atoms with Gasteiger partial charge in [0, 0.05) is 30.8 Å². The van der Waals surface area contributed by atoms with Crippen molar-refractivity contribution in [1.29, 1.82) is 0 Å². The van der Waals surface area contributed by atoms with Crippen LogP contribution in [0, 0.1) is 10.1 Å². The molecule has 0 aliphatic carbocycles. The standard InChI is InChI=1S/C17H23N3O3S/c1-12(13-7-8-16(24)15(10-13)20(22)23)17(21)19-9-5-4-6-14(19)11-18(2)3/h7-8,10,14,24H,1,4-6,9,11H2,2-3H3. The minimum absolute atomic E-state index is 0.117. The summed E-state index contributed by atoms with van der Waals surface area (Å²) < 4.78 is 0. The minimum atomic E-state index is -0.501. The summed E-state index contributed by atoms with van der Waals surface area (Å²) >= 11 is 4.09. The van der Waals surface area contributed by atoms with Crippen LogP contribution in [0.1, 0.15) is 24.8 Å². The fourth-order valence-electron chi connectivity index (χ4n) is 3.03. The zero-order chi connectivity index (χ0) is 17.9. The van der Waals surface area contributed by atoms with Gasteiger partial charge in [0.05, 0.1) is 9.82 Å². The van der Waals surface area contributed by atoms with E-state index in [2.05, 4.69) is 24.1 Å². The molecule has 0 N–H and O–H groups in total. The minimum Gasteiger partial charge on any atom is -0.334 e. The quantitative estimate of drug-likeness (QED) is 0.384. The van der Waals surface area contributed by atoms with Gasteiger partial charge in [-0.1, -0.05) is 12.6 Å². The van der Waals surface area contributed by atoms with Crippen LogP contribution >= 0.6 is 12.6 Å². The Bertz CT molecular complexity index is 660. The lowest BCUT2D eigenvalue weighted by atomic mass is 9.98. The molecular weight excluding hydrogens is 326 g/mol. The molecule has 1 unspecified atom stereocenters. The van der Waals surface area contributed by atoms with Gasteiger partial charge in [-0.2, -0.15) is 0 Å². The van der Waals surface area contributed by atoms with Crippen LogP contribution in [-0.4, -0.2) is 53.9 Å². The molecule has 7 heteroatoms. The zero-order valence-electron chi connectivity index (χ0n) is 14.1. The molecule has 1 aromatic carbocycles. The number of hydrogen-bond donors (Lipinski definition) is 1. The van der Waals surface area contributed by atoms with Crippen LogP contribution in [0.3, 0.4) is 0 Å². The van der Waals surface area contributed by atoms with Gasteiger partial charge in [-0.25, -0.2) is 0 Å². The van der Waals surface area contributed by atoms with E-state index >= 15 is 0 Å². The summed E-state index contributed by atoms with van der Waals surface area (Å²) in [6.07, 6.45) is 3.04. The monoisotopic (exact) mass is 349 g/mol. The number of nitrogens with zero attached hydrogens (tertiary/aromatic N) is 3. The number of carbonyl (C=O) groups is 1. The van der Waals surface area contributed by atoms with Gasteiger partial charge < -0.3 is 9.80 Å². The van der Waals surface area contributed by atoms with Crippen molar-refractivity contribution in [3.8, 4) is 0 Å². The fourth-order valence-corrected chi connectivity index (χ4v) is 3.25. The van der Waals surface area contributed by atoms with Crippen LogP contribution in [0.25, 0.3) is 5.57 Å². The summed E-state index contributed by atoms with van der Waals surface area (Å²) in [4.78, 5) is 27.6. The van der Waals surface area contributed by atoms with Gasteiger partial charge in [0.25, 0.3) is 11.6 Å². The molecule has 6 nitrogen and oxygen atoms in total. The maximum Gasteiger partial charge on any atom is 0.283 e. The number of likely N-dealkylation sites (tertiary alicyclic amines) is 1. The van der Waals surface area contributed by atoms with Gasteiger partial charge in [0.1, 0.15) is 0 Å². The average Bonchev–Trinajstić information content (AvgIpc) is 2.53. The summed E-state index contributed by atoms with van der Waals surface area (Å²) in [5.74, 6) is -0.150. The summed E-state index contributed by atoms with van der Waals surface area (Å²) in [5.41, 5.74) is 0.643. The van der Waals surface area contributed by atoms with Crippen LogP contribution in [0.2, 0.25) is 0 Å². The second-order valence-electron chi connectivity index (χ2n) is 6.35. The predicted octanol–water partition coefficient (Wildman–Crippen LogP) is 2.84. The average molecular weight is 349 g/mol. The van der Waals surface area contributed by atoms with Crippen molar-refractivity contribution >= 4 is 29.8 Å². The Morgan fingerprint density at radius 1 is 1.46 bits per heavy atom. The normalized spacial score (nSPS) is 17.8. The van der Waals surface area contributed by atoms with E-state index in [0.717, 1.165) is 25.8 Å². The lowest BCUT2D eigenvalue weighted by Gasteiger charge is -2.37. The van der Waals surface area contributed by atoms with Crippen molar-refractivity contribution in [3.63, 3.8) is 0 Å². The highest BCUT2D eigenvalue weighted by Crippen LogP contribution is 2.28. The number of piperidine rings is 1. The summed E-state index contributed by atoms with van der Waals surface area (Å²) in [5, 5.41) is 11.1. The highest BCUT2D eigenvalue weighted by molar-refractivity contribution is 7.80. The summed E-state index contributed by atoms with van der Waals surface area (Å²) in [7, 11) is 3.97. The Labute approximate surface area is 147 Å². The van der Waals surface area contributed by atoms with E-state index < -0.39 is 4.92 Å². The number of amides is 1. The maximum atomic E-state index is 12.9. The maximum absolute atomic E-state index is 12.9. The molecular formula is C17H23N3O3S. The number of hydrogen-bond acceptors (Lipinski definition) is 5. The van der Waals surface area contributed by atoms with Crippen molar-refractivity contribution < 1.29 is 9.72 Å². The number of rotatable bonds is 5. The Kier molecular flexibility index (Phi) is 6.01. The third kappa shape index (κ3) is 4.15. The first kappa shape index (κ1) is 18.5. The smallest absolute Gasteiger partial charge is 0.283 e. The van der Waals surface area contributed by atoms with Gasteiger partial charge in [-0.3, -0.25) is 14.9 Å². The SMILES string of the molecule is C=C(C(=O)N1CCCCC1CN(C)C)c1ccc(S)c([N+](=O)[O-])c1. The lowest BCUT2D eigenvalue weighted by Crippen LogP contribution is -2.48. The molecule has 0 radical (unpaired) electrons. The largest absolute Gasteiger partial charge is 0.334 e. The number of benzene rings is 1. The number of thiol groups is 1. The Morgan fingerprint density at radius 2 is 2.17 bits per heavy atom. The molecule has 1 aliphatic rings. The highest BCUT2D eigenvalue weighted by atomic mass is 32.1. The molecule has 1 heterocycles. The van der Waals surface area contributed by atoms with Crippen molar-refractivity contribution in [2.24, 2.45) is 0 Å². The van der Waals surface area contributed by atoms with Gasteiger partial charge in [-0.05, 0) is 45.0 Å². The topological polar surface area (TPSA) is 66.7 Å². The van der Waals surface area contributed by atoms with Crippen molar-refractivity contribution in [2.45, 2.75) is 30.2 Å². The van der Waals surface area contributed by atoms with E-state index in [1.807, 2.05) is 19.0 Å². The van der Waals surface area contributed by atoms with Crippen LogP contribution in [-0.2, 0) is 4.79 Å². The van der Waals surface area contributed by atoms with E-state index in [1.165, 1.54) is 12.1 Å². The molecule has 0 aromatic heterocycles. The molecule has 0 bridgehead atoms. The van der Waals surface area contributed by atoms with Crippen LogP contribution in [0.15, 0.2) is 29.7 Å². The Hall–Kier alpha value is -1.86. The second-order valence-corrected chi connectivity index (χ2v) is 6.83. The fraction of sp³-hybridized carbons (Fsp3) is 0.471. The molecule has 1 aromatic rings. The number of carbonyl (C=O) groups excluding carboxylic acids is 1. The van der Waals surface area contributed by atoms with Crippen molar-refractivity contribution in [3.05, 3.63) is 40.5 Å². The van der Waals surface area contributed by atoms with E-state index in [0.29, 0.717) is 12.1 Å². The molecule has 1 saturated heterocycles. The van der Waals surface area contributed by atoms with Gasteiger partial charge in [0.2, 0.25) is 0 Å². The van der Waals surface area contributed by atoms with Crippen molar-refractivity contribution in [1.82, 2.24) is 9.80 Å². The summed E-state index contributed by atoms with van der Waals surface area (Å²) in [6.45, 7) is 5.39. The van der Waals surface area contributed by atoms with Crippen LogP contribution in [0.4, 0.5) is 5.69 Å². The third-order valence-corrected chi connectivity index (χ3v) is 4.62. The van der Waals surface area contributed by atoms with Gasteiger partial charge >= 0.3 is 0 Å². The van der Waals surface area contributed by atoms with E-state index in [4.69, 9.17) is 0 Å². The molecule has 1 amide bonds. The van der Waals surface area contributed by atoms with Crippen LogP contribution in [0.5, 0.6) is 0 Å². The first-order chi connectivity index (χ1) is 11.3. The molecule has 0 saturated carbocycles. The van der Waals surface area contributed by atoms with Gasteiger partial charge in [-0.15, -0.1) is 12.6 Å². The highest BCUT2D eigenvalue weighted by Gasteiger charge is 2.29. The van der Waals surface area contributed by atoms with Crippen LogP contribution < -0.4 is 0 Å². The predicted molar refractivity (Wildman–Crippen MR) is 97.3 cm³/mol. The molecule has 2 rings (SSSR count). The van der Waals surface area contributed by atoms with Crippen molar-refractivity contribution in [2.75, 3.05) is 27.2 Å². The first-order valence-electron chi connectivity index (χ1n) is 7.93. The van der Waals surface area contributed by atoms with E-state index in [1.54, 1.807) is 6.07 Å². The number of nitro benzene ring substituents is 1. The lowest BCUT2D eigenvalue weighted by molar-refractivity contribution is -0.387. The third-order valence-electron chi connectivity index (χ3n) is 4.24. The zero-order valence-corrected chi connectivity index (χ0v) is 15.0. The molecule has 130 valence electrons. The number of likely N-dealkylation sites (N-methyl/N-ethyl adjacent to an activating group) is 1. The summed E-state index contributed by atoms with van der Waals surface area (Å²) in [6, 6.07) is 4.70. The number of nitro groups is 1.